The number of aliphatic carboxylic acids is 1. The summed E-state index contributed by atoms with van der Waals surface area (Å²) in [5.74, 6) is -1.80. The Kier molecular flexibility index (Phi) is 7.40. The molecule has 1 unspecified atom stereocenters. The Morgan fingerprint density at radius 1 is 1.05 bits per heavy atom. The van der Waals surface area contributed by atoms with Crippen LogP contribution in [0, 0.1) is 28.6 Å². The SMILES string of the molecule is CC(NC(=O)CCC(=O)OCC(=O)[C@@]1(O)CC[C@H]2[C@@H]3CCC4=CC(=O)CC[C@]4(C)[C@H]3CC[C@@]21C)C(=O)O. The fourth-order valence-electron chi connectivity index (χ4n) is 7.96. The van der Waals surface area contributed by atoms with Crippen molar-refractivity contribution in [2.75, 3.05) is 6.61 Å². The van der Waals surface area contributed by atoms with Gasteiger partial charge in [-0.05, 0) is 81.1 Å². The summed E-state index contributed by atoms with van der Waals surface area (Å²) in [4.78, 5) is 60.1. The van der Waals surface area contributed by atoms with Gasteiger partial charge < -0.3 is 20.3 Å². The lowest BCUT2D eigenvalue weighted by Gasteiger charge is -2.58. The van der Waals surface area contributed by atoms with Crippen molar-refractivity contribution in [3.63, 3.8) is 0 Å². The average molecular weight is 518 g/mol. The van der Waals surface area contributed by atoms with Gasteiger partial charge in [0.25, 0.3) is 0 Å². The number of nitrogens with one attached hydrogen (secondary N) is 1. The summed E-state index contributed by atoms with van der Waals surface area (Å²) in [7, 11) is 0. The molecular formula is C28H39NO8. The Hall–Kier alpha value is -2.55. The molecule has 4 aliphatic carbocycles. The number of allylic oxidation sites excluding steroid dienone is 1. The van der Waals surface area contributed by atoms with Gasteiger partial charge in [-0.1, -0.05) is 19.4 Å². The summed E-state index contributed by atoms with van der Waals surface area (Å²) in [6, 6.07) is -1.07. The number of carbonyl (C=O) groups is 5. The van der Waals surface area contributed by atoms with E-state index in [1.807, 2.05) is 13.0 Å². The molecule has 0 aliphatic heterocycles. The lowest BCUT2D eigenvalue weighted by atomic mass is 9.46. The van der Waals surface area contributed by atoms with Crippen LogP contribution in [0.25, 0.3) is 0 Å². The Labute approximate surface area is 217 Å². The maximum atomic E-state index is 13.3. The van der Waals surface area contributed by atoms with Crippen molar-refractivity contribution in [3.8, 4) is 0 Å². The topological polar surface area (TPSA) is 147 Å². The molecule has 0 heterocycles. The summed E-state index contributed by atoms with van der Waals surface area (Å²) in [5.41, 5.74) is -0.896. The third kappa shape index (κ3) is 4.75. The van der Waals surface area contributed by atoms with Crippen molar-refractivity contribution in [1.82, 2.24) is 5.32 Å². The second-order valence-electron chi connectivity index (χ2n) is 12.0. The molecule has 1 amide bonds. The van der Waals surface area contributed by atoms with Crippen molar-refractivity contribution >= 4 is 29.4 Å². The zero-order valence-electron chi connectivity index (χ0n) is 22.0. The molecule has 0 aromatic carbocycles. The number of carboxylic acids is 1. The number of carbonyl (C=O) groups excluding carboxylic acids is 4. The molecule has 3 fully saturated rings. The first-order valence-electron chi connectivity index (χ1n) is 13.5. The number of ketones is 2. The summed E-state index contributed by atoms with van der Waals surface area (Å²) >= 11 is 0. The predicted octanol–water partition coefficient (Wildman–Crippen LogP) is 2.73. The van der Waals surface area contributed by atoms with Crippen LogP contribution in [0.15, 0.2) is 11.6 Å². The second-order valence-corrected chi connectivity index (χ2v) is 12.0. The minimum Gasteiger partial charge on any atom is -0.480 e. The van der Waals surface area contributed by atoms with E-state index >= 15 is 0 Å². The molecule has 9 nitrogen and oxygen atoms in total. The molecule has 0 aromatic heterocycles. The first kappa shape index (κ1) is 27.5. The Bertz CT molecular complexity index is 1040. The number of aliphatic hydroxyl groups is 1. The monoisotopic (exact) mass is 517 g/mol. The van der Waals surface area contributed by atoms with E-state index in [0.29, 0.717) is 31.1 Å². The predicted molar refractivity (Wildman–Crippen MR) is 132 cm³/mol. The van der Waals surface area contributed by atoms with Crippen LogP contribution in [0.3, 0.4) is 0 Å². The van der Waals surface area contributed by atoms with Gasteiger partial charge in [0.1, 0.15) is 11.6 Å². The quantitative estimate of drug-likeness (QED) is 0.417. The minimum atomic E-state index is -1.57. The van der Waals surface area contributed by atoms with Crippen molar-refractivity contribution in [1.29, 1.82) is 0 Å². The van der Waals surface area contributed by atoms with Crippen LogP contribution >= 0.6 is 0 Å². The van der Waals surface area contributed by atoms with Gasteiger partial charge in [0.2, 0.25) is 11.7 Å². The molecule has 0 spiro atoms. The molecule has 0 radical (unpaired) electrons. The second kappa shape index (κ2) is 9.97. The van der Waals surface area contributed by atoms with Crippen LogP contribution in [-0.4, -0.2) is 57.9 Å². The molecule has 4 rings (SSSR count). The summed E-state index contributed by atoms with van der Waals surface area (Å²) < 4.78 is 5.13. The molecule has 0 bridgehead atoms. The van der Waals surface area contributed by atoms with Gasteiger partial charge in [-0.15, -0.1) is 0 Å². The summed E-state index contributed by atoms with van der Waals surface area (Å²) in [6.07, 6.45) is 7.29. The van der Waals surface area contributed by atoms with Crippen LogP contribution in [-0.2, 0) is 28.7 Å². The molecule has 3 saturated carbocycles. The third-order valence-corrected chi connectivity index (χ3v) is 10.2. The van der Waals surface area contributed by atoms with Crippen LogP contribution in [0.5, 0.6) is 0 Å². The van der Waals surface area contributed by atoms with E-state index in [2.05, 4.69) is 12.2 Å². The zero-order valence-corrected chi connectivity index (χ0v) is 22.0. The zero-order chi connectivity index (χ0) is 27.2. The highest BCUT2D eigenvalue weighted by Gasteiger charge is 2.66. The maximum absolute atomic E-state index is 13.3. The molecule has 0 saturated heterocycles. The standard InChI is InChI=1S/C28H39NO8/c1-16(25(34)35)29-23(32)6-7-24(33)37-15-22(31)28(36)13-10-21-19-5-4-17-14-18(30)8-11-26(17,2)20(19)9-12-27(21,28)3/h14,16,19-21,36H,4-13,15H2,1-3H3,(H,29,32)(H,34,35)/t16?,19-,20+,21+,26+,27+,28+/m1/s1. The number of Topliss-reactive ketones (excluding diaryl/α,β-unsaturated/α-hetero) is 1. The van der Waals surface area contributed by atoms with E-state index in [1.54, 1.807) is 0 Å². The number of hydrogen-bond donors (Lipinski definition) is 3. The van der Waals surface area contributed by atoms with Gasteiger partial charge in [0.15, 0.2) is 12.4 Å². The number of esters is 1. The van der Waals surface area contributed by atoms with Crippen LogP contribution in [0.2, 0.25) is 0 Å². The van der Waals surface area contributed by atoms with Crippen LogP contribution in [0.1, 0.15) is 85.0 Å². The fraction of sp³-hybridized carbons (Fsp3) is 0.750. The Morgan fingerprint density at radius 3 is 2.46 bits per heavy atom. The summed E-state index contributed by atoms with van der Waals surface area (Å²) in [5, 5.41) is 22.8. The van der Waals surface area contributed by atoms with Gasteiger partial charge >= 0.3 is 11.9 Å². The highest BCUT2D eigenvalue weighted by Crippen LogP contribution is 2.67. The molecular weight excluding hydrogens is 478 g/mol. The van der Waals surface area contributed by atoms with E-state index in [-0.39, 0.29) is 30.0 Å². The van der Waals surface area contributed by atoms with Gasteiger partial charge in [-0.3, -0.25) is 24.0 Å². The third-order valence-electron chi connectivity index (χ3n) is 10.2. The van der Waals surface area contributed by atoms with Gasteiger partial charge in [0, 0.05) is 18.3 Å². The lowest BCUT2D eigenvalue weighted by Crippen LogP contribution is -2.58. The number of hydrogen-bond acceptors (Lipinski definition) is 7. The molecule has 4 aliphatic rings. The van der Waals surface area contributed by atoms with Crippen LogP contribution < -0.4 is 5.32 Å². The first-order chi connectivity index (χ1) is 17.3. The van der Waals surface area contributed by atoms with E-state index in [0.717, 1.165) is 32.1 Å². The molecule has 37 heavy (non-hydrogen) atoms. The smallest absolute Gasteiger partial charge is 0.325 e. The summed E-state index contributed by atoms with van der Waals surface area (Å²) in [6.45, 7) is 5.07. The highest BCUT2D eigenvalue weighted by atomic mass is 16.5. The molecule has 204 valence electrons. The fourth-order valence-corrected chi connectivity index (χ4v) is 7.96. The number of ether oxygens (including phenoxy) is 1. The van der Waals surface area contributed by atoms with Crippen molar-refractivity contribution in [3.05, 3.63) is 11.6 Å². The van der Waals surface area contributed by atoms with Crippen molar-refractivity contribution < 1.29 is 38.9 Å². The number of rotatable bonds is 8. The normalized spacial score (nSPS) is 37.4. The van der Waals surface area contributed by atoms with Crippen molar-refractivity contribution in [2.24, 2.45) is 28.6 Å². The van der Waals surface area contributed by atoms with E-state index in [4.69, 9.17) is 9.84 Å². The minimum absolute atomic E-state index is 0.00690. The van der Waals surface area contributed by atoms with E-state index < -0.39 is 47.3 Å². The van der Waals surface area contributed by atoms with Gasteiger partial charge in [-0.25, -0.2) is 0 Å². The highest BCUT2D eigenvalue weighted by molar-refractivity contribution is 5.92. The molecule has 7 atom stereocenters. The Balaban J connectivity index is 1.36. The molecule has 9 heteroatoms. The molecule has 3 N–H and O–H groups in total. The van der Waals surface area contributed by atoms with Gasteiger partial charge in [-0.2, -0.15) is 0 Å². The van der Waals surface area contributed by atoms with Gasteiger partial charge in [0.05, 0.1) is 6.42 Å². The molecule has 0 aromatic rings. The average Bonchev–Trinajstić information content (AvgIpc) is 3.13. The largest absolute Gasteiger partial charge is 0.480 e. The van der Waals surface area contributed by atoms with E-state index in [1.165, 1.54) is 12.5 Å². The Morgan fingerprint density at radius 2 is 1.76 bits per heavy atom. The van der Waals surface area contributed by atoms with E-state index in [9.17, 15) is 29.1 Å². The maximum Gasteiger partial charge on any atom is 0.325 e. The number of carboxylic acid groups (broad SMARTS) is 1. The first-order valence-corrected chi connectivity index (χ1v) is 13.5. The van der Waals surface area contributed by atoms with Crippen molar-refractivity contribution in [2.45, 2.75) is 96.6 Å². The number of amides is 1. The number of fused-ring (bicyclic) bond motifs is 5. The van der Waals surface area contributed by atoms with Crippen LogP contribution in [0.4, 0.5) is 0 Å². The lowest BCUT2D eigenvalue weighted by molar-refractivity contribution is -0.170.